The molecule has 1 aliphatic carbocycles. The van der Waals surface area contributed by atoms with Crippen molar-refractivity contribution in [2.24, 2.45) is 11.8 Å². The van der Waals surface area contributed by atoms with Crippen LogP contribution >= 0.6 is 0 Å². The van der Waals surface area contributed by atoms with Gasteiger partial charge < -0.3 is 15.0 Å². The first-order valence-corrected chi connectivity index (χ1v) is 13.6. The third-order valence-corrected chi connectivity index (χ3v) is 7.97. The number of amides is 2. The van der Waals surface area contributed by atoms with Crippen molar-refractivity contribution < 1.29 is 32.3 Å². The predicted octanol–water partition coefficient (Wildman–Crippen LogP) is 6.34. The van der Waals surface area contributed by atoms with Gasteiger partial charge in [0, 0.05) is 30.3 Å². The standard InChI is InChI=1S/C30H35F3N2O4/c1-3-39-29(38)23-7-4-6-22(18-23)28(37)35-16-14-21(15-17-35)20-10-12-24(13-11-20)34-27(36)25-8-5-9-26(19(25)2)30(31,32)33/h5,8-13,21-23H,3-4,6-7,14-18H2,1-2H3,(H,34,36)/t22-,23+/m0/s1. The van der Waals surface area contributed by atoms with Gasteiger partial charge in [0.25, 0.3) is 5.91 Å². The summed E-state index contributed by atoms with van der Waals surface area (Å²) in [6.07, 6.45) is 0.105. The van der Waals surface area contributed by atoms with Crippen LogP contribution in [0.2, 0.25) is 0 Å². The van der Waals surface area contributed by atoms with Gasteiger partial charge in [-0.2, -0.15) is 13.2 Å². The minimum absolute atomic E-state index is 0.0162. The SMILES string of the molecule is CCOC(=O)[C@@H]1CCC[C@H](C(=O)N2CCC(c3ccc(NC(=O)c4cccc(C(F)(F)F)c4C)cc3)CC2)C1. The molecule has 0 aromatic heterocycles. The highest BCUT2D eigenvalue weighted by molar-refractivity contribution is 6.05. The summed E-state index contributed by atoms with van der Waals surface area (Å²) in [6.45, 7) is 4.74. The van der Waals surface area contributed by atoms with Crippen LogP contribution in [0.1, 0.15) is 78.4 Å². The fraction of sp³-hybridized carbons (Fsp3) is 0.500. The van der Waals surface area contributed by atoms with E-state index in [0.717, 1.165) is 43.7 Å². The highest BCUT2D eigenvalue weighted by atomic mass is 19.4. The van der Waals surface area contributed by atoms with E-state index >= 15 is 0 Å². The molecule has 0 spiro atoms. The van der Waals surface area contributed by atoms with Crippen molar-refractivity contribution in [2.75, 3.05) is 25.0 Å². The third kappa shape index (κ3) is 6.81. The summed E-state index contributed by atoms with van der Waals surface area (Å²) in [5.74, 6) is -0.715. The molecule has 2 amide bonds. The summed E-state index contributed by atoms with van der Waals surface area (Å²) in [6, 6.07) is 10.9. The van der Waals surface area contributed by atoms with Crippen molar-refractivity contribution in [1.29, 1.82) is 0 Å². The maximum Gasteiger partial charge on any atom is 0.416 e. The second-order valence-corrected chi connectivity index (χ2v) is 10.5. The lowest BCUT2D eigenvalue weighted by Crippen LogP contribution is -2.43. The quantitative estimate of drug-likeness (QED) is 0.431. The topological polar surface area (TPSA) is 75.7 Å². The second-order valence-electron chi connectivity index (χ2n) is 10.5. The van der Waals surface area contributed by atoms with Crippen LogP contribution < -0.4 is 5.32 Å². The highest BCUT2D eigenvalue weighted by Gasteiger charge is 2.36. The summed E-state index contributed by atoms with van der Waals surface area (Å²) in [5.41, 5.74) is 0.650. The Morgan fingerprint density at radius 2 is 1.64 bits per heavy atom. The van der Waals surface area contributed by atoms with Crippen LogP contribution in [0.3, 0.4) is 0 Å². The molecule has 1 aliphatic heterocycles. The van der Waals surface area contributed by atoms with Gasteiger partial charge in [-0.1, -0.05) is 24.6 Å². The van der Waals surface area contributed by atoms with E-state index in [1.165, 1.54) is 19.1 Å². The Hall–Kier alpha value is -3.36. The van der Waals surface area contributed by atoms with Gasteiger partial charge in [-0.25, -0.2) is 0 Å². The van der Waals surface area contributed by atoms with Crippen molar-refractivity contribution in [2.45, 2.75) is 64.5 Å². The van der Waals surface area contributed by atoms with Crippen molar-refractivity contribution in [3.8, 4) is 0 Å². The largest absolute Gasteiger partial charge is 0.466 e. The number of esters is 1. The molecule has 1 N–H and O–H groups in total. The second kappa shape index (κ2) is 12.2. The number of hydrogen-bond donors (Lipinski definition) is 1. The molecule has 2 atom stereocenters. The number of anilines is 1. The number of ether oxygens (including phenoxy) is 1. The molecular weight excluding hydrogens is 509 g/mol. The molecule has 210 valence electrons. The van der Waals surface area contributed by atoms with Crippen LogP contribution in [0.15, 0.2) is 42.5 Å². The fourth-order valence-corrected chi connectivity index (χ4v) is 5.81. The maximum atomic E-state index is 13.2. The van der Waals surface area contributed by atoms with Crippen LogP contribution in [0.4, 0.5) is 18.9 Å². The Morgan fingerprint density at radius 3 is 2.28 bits per heavy atom. The molecule has 0 radical (unpaired) electrons. The van der Waals surface area contributed by atoms with Crippen LogP contribution in [-0.4, -0.2) is 42.4 Å². The third-order valence-electron chi connectivity index (χ3n) is 7.97. The Labute approximate surface area is 226 Å². The van der Waals surface area contributed by atoms with Crippen molar-refractivity contribution in [3.63, 3.8) is 0 Å². The number of nitrogens with zero attached hydrogens (tertiary/aromatic N) is 1. The zero-order valence-corrected chi connectivity index (χ0v) is 22.4. The number of rotatable bonds is 6. The van der Waals surface area contributed by atoms with Gasteiger partial charge in [-0.05, 0) is 87.3 Å². The number of hydrogen-bond acceptors (Lipinski definition) is 4. The zero-order chi connectivity index (χ0) is 28.2. The Bertz CT molecular complexity index is 1190. The molecule has 2 aromatic rings. The van der Waals surface area contributed by atoms with Gasteiger partial charge >= 0.3 is 12.1 Å². The maximum absolute atomic E-state index is 13.2. The number of likely N-dealkylation sites (tertiary alicyclic amines) is 1. The van der Waals surface area contributed by atoms with Gasteiger partial charge in [0.05, 0.1) is 18.1 Å². The van der Waals surface area contributed by atoms with E-state index in [1.54, 1.807) is 19.1 Å². The summed E-state index contributed by atoms with van der Waals surface area (Å²) in [7, 11) is 0. The van der Waals surface area contributed by atoms with Crippen LogP contribution in [0.5, 0.6) is 0 Å². The van der Waals surface area contributed by atoms with Gasteiger partial charge in [-0.15, -0.1) is 0 Å². The number of alkyl halides is 3. The van der Waals surface area contributed by atoms with E-state index in [1.807, 2.05) is 17.0 Å². The van der Waals surface area contributed by atoms with E-state index in [-0.39, 0.29) is 40.8 Å². The normalized spacial score (nSPS) is 20.4. The van der Waals surface area contributed by atoms with Gasteiger partial charge in [0.1, 0.15) is 0 Å². The molecule has 1 saturated carbocycles. The molecule has 2 fully saturated rings. The smallest absolute Gasteiger partial charge is 0.416 e. The van der Waals surface area contributed by atoms with Crippen LogP contribution in [0, 0.1) is 18.8 Å². The van der Waals surface area contributed by atoms with E-state index in [4.69, 9.17) is 4.74 Å². The molecule has 2 aliphatic rings. The Morgan fingerprint density at radius 1 is 0.974 bits per heavy atom. The van der Waals surface area contributed by atoms with E-state index < -0.39 is 17.6 Å². The van der Waals surface area contributed by atoms with Crippen molar-refractivity contribution in [1.82, 2.24) is 4.90 Å². The number of nitrogens with one attached hydrogen (secondary N) is 1. The lowest BCUT2D eigenvalue weighted by atomic mass is 9.80. The Balaban J connectivity index is 1.31. The first-order chi connectivity index (χ1) is 18.6. The highest BCUT2D eigenvalue weighted by Crippen LogP contribution is 2.35. The molecule has 4 rings (SSSR count). The van der Waals surface area contributed by atoms with Crippen LogP contribution in [-0.2, 0) is 20.5 Å². The van der Waals surface area contributed by atoms with E-state index in [0.29, 0.717) is 31.8 Å². The van der Waals surface area contributed by atoms with Crippen LogP contribution in [0.25, 0.3) is 0 Å². The van der Waals surface area contributed by atoms with Crippen molar-refractivity contribution in [3.05, 3.63) is 64.7 Å². The first-order valence-electron chi connectivity index (χ1n) is 13.6. The lowest BCUT2D eigenvalue weighted by molar-refractivity contribution is -0.151. The van der Waals surface area contributed by atoms with Crippen molar-refractivity contribution >= 4 is 23.5 Å². The molecule has 1 saturated heterocycles. The number of benzene rings is 2. The fourth-order valence-electron chi connectivity index (χ4n) is 5.81. The molecule has 1 heterocycles. The molecular formula is C30H35F3N2O4. The summed E-state index contributed by atoms with van der Waals surface area (Å²) < 4.78 is 44.8. The van der Waals surface area contributed by atoms with E-state index in [9.17, 15) is 27.6 Å². The number of piperidine rings is 1. The minimum atomic E-state index is -4.52. The summed E-state index contributed by atoms with van der Waals surface area (Å²) in [5, 5.41) is 2.69. The molecule has 9 heteroatoms. The van der Waals surface area contributed by atoms with Gasteiger partial charge in [0.15, 0.2) is 0 Å². The number of carbonyl (C=O) groups is 3. The lowest BCUT2D eigenvalue weighted by Gasteiger charge is -2.36. The monoisotopic (exact) mass is 544 g/mol. The van der Waals surface area contributed by atoms with E-state index in [2.05, 4.69) is 5.32 Å². The molecule has 0 unspecified atom stereocenters. The average Bonchev–Trinajstić information content (AvgIpc) is 2.93. The molecule has 2 aromatic carbocycles. The molecule has 39 heavy (non-hydrogen) atoms. The number of carbonyl (C=O) groups excluding carboxylic acids is 3. The Kier molecular flexibility index (Phi) is 8.97. The van der Waals surface area contributed by atoms with Gasteiger partial charge in [0.2, 0.25) is 5.91 Å². The number of halogens is 3. The summed E-state index contributed by atoms with van der Waals surface area (Å²) in [4.78, 5) is 39.9. The zero-order valence-electron chi connectivity index (χ0n) is 22.4. The molecule has 0 bridgehead atoms. The first kappa shape index (κ1) is 28.6. The predicted molar refractivity (Wildman–Crippen MR) is 141 cm³/mol. The minimum Gasteiger partial charge on any atom is -0.466 e. The molecule has 6 nitrogen and oxygen atoms in total. The summed E-state index contributed by atoms with van der Waals surface area (Å²) >= 11 is 0. The average molecular weight is 545 g/mol. The van der Waals surface area contributed by atoms with Gasteiger partial charge in [-0.3, -0.25) is 14.4 Å².